The number of rotatable bonds is 4. The van der Waals surface area contributed by atoms with Crippen LogP contribution in [0.2, 0.25) is 0 Å². The SMILES string of the molecule is CN1CCC(C(O)COc2ccc(F)cc2)C1. The number of hydrogen-bond donors (Lipinski definition) is 1. The molecule has 1 fully saturated rings. The summed E-state index contributed by atoms with van der Waals surface area (Å²) in [5.74, 6) is 0.590. The second-order valence-corrected chi connectivity index (χ2v) is 4.64. The van der Waals surface area contributed by atoms with Crippen LogP contribution in [0, 0.1) is 11.7 Å². The van der Waals surface area contributed by atoms with Crippen LogP contribution in [-0.2, 0) is 0 Å². The second kappa shape index (κ2) is 5.47. The first-order valence-corrected chi connectivity index (χ1v) is 5.90. The Morgan fingerprint density at radius 1 is 1.47 bits per heavy atom. The van der Waals surface area contributed by atoms with Gasteiger partial charge in [0.2, 0.25) is 0 Å². The van der Waals surface area contributed by atoms with Crippen molar-refractivity contribution in [3.63, 3.8) is 0 Å². The number of halogens is 1. The molecule has 0 radical (unpaired) electrons. The average Bonchev–Trinajstić information content (AvgIpc) is 2.75. The summed E-state index contributed by atoms with van der Waals surface area (Å²) < 4.78 is 18.1. The van der Waals surface area contributed by atoms with Gasteiger partial charge >= 0.3 is 0 Å². The first-order chi connectivity index (χ1) is 8.15. The van der Waals surface area contributed by atoms with Gasteiger partial charge in [-0.3, -0.25) is 0 Å². The lowest BCUT2D eigenvalue weighted by molar-refractivity contribution is 0.0607. The number of ether oxygens (including phenoxy) is 1. The van der Waals surface area contributed by atoms with Gasteiger partial charge < -0.3 is 14.7 Å². The first kappa shape index (κ1) is 12.3. The largest absolute Gasteiger partial charge is 0.491 e. The van der Waals surface area contributed by atoms with Crippen molar-refractivity contribution in [2.24, 2.45) is 5.92 Å². The van der Waals surface area contributed by atoms with E-state index in [1.807, 2.05) is 7.05 Å². The first-order valence-electron chi connectivity index (χ1n) is 5.90. The van der Waals surface area contributed by atoms with Gasteiger partial charge in [-0.15, -0.1) is 0 Å². The van der Waals surface area contributed by atoms with Gasteiger partial charge in [0, 0.05) is 12.5 Å². The number of hydrogen-bond acceptors (Lipinski definition) is 3. The van der Waals surface area contributed by atoms with Crippen molar-refractivity contribution in [3.8, 4) is 5.75 Å². The fourth-order valence-electron chi connectivity index (χ4n) is 2.13. The molecule has 1 heterocycles. The molecule has 2 atom stereocenters. The van der Waals surface area contributed by atoms with E-state index in [2.05, 4.69) is 4.90 Å². The van der Waals surface area contributed by atoms with Crippen LogP contribution in [0.5, 0.6) is 5.75 Å². The van der Waals surface area contributed by atoms with Crippen molar-refractivity contribution < 1.29 is 14.2 Å². The van der Waals surface area contributed by atoms with Crippen LogP contribution < -0.4 is 4.74 Å². The molecular weight excluding hydrogens is 221 g/mol. The van der Waals surface area contributed by atoms with Crippen LogP contribution in [-0.4, -0.2) is 42.9 Å². The Morgan fingerprint density at radius 2 is 2.18 bits per heavy atom. The zero-order valence-electron chi connectivity index (χ0n) is 9.97. The number of aliphatic hydroxyl groups excluding tert-OH is 1. The number of likely N-dealkylation sites (tertiary alicyclic amines) is 1. The predicted octanol–water partition coefficient (Wildman–Crippen LogP) is 1.52. The van der Waals surface area contributed by atoms with Gasteiger partial charge in [0.1, 0.15) is 18.2 Å². The molecule has 0 aliphatic carbocycles. The Balaban J connectivity index is 1.79. The smallest absolute Gasteiger partial charge is 0.123 e. The molecule has 3 nitrogen and oxygen atoms in total. The summed E-state index contributed by atoms with van der Waals surface area (Å²) in [6.45, 7) is 2.20. The molecule has 2 rings (SSSR count). The molecular formula is C13H18FNO2. The van der Waals surface area contributed by atoms with Crippen LogP contribution in [0.3, 0.4) is 0 Å². The second-order valence-electron chi connectivity index (χ2n) is 4.64. The normalized spacial score (nSPS) is 22.6. The summed E-state index contributed by atoms with van der Waals surface area (Å²) in [6.07, 6.45) is 0.551. The van der Waals surface area contributed by atoms with E-state index in [0.717, 1.165) is 19.5 Å². The topological polar surface area (TPSA) is 32.7 Å². The van der Waals surface area contributed by atoms with E-state index >= 15 is 0 Å². The Bertz CT molecular complexity index is 355. The highest BCUT2D eigenvalue weighted by Gasteiger charge is 2.26. The Morgan fingerprint density at radius 3 is 2.76 bits per heavy atom. The third kappa shape index (κ3) is 3.41. The quantitative estimate of drug-likeness (QED) is 0.864. The minimum atomic E-state index is -0.454. The minimum Gasteiger partial charge on any atom is -0.491 e. The molecule has 0 amide bonds. The maximum Gasteiger partial charge on any atom is 0.123 e. The Hall–Kier alpha value is -1.13. The molecule has 4 heteroatoms. The summed E-state index contributed by atoms with van der Waals surface area (Å²) in [5, 5.41) is 9.96. The van der Waals surface area contributed by atoms with Crippen molar-refractivity contribution in [2.75, 3.05) is 26.7 Å². The zero-order valence-corrected chi connectivity index (χ0v) is 9.97. The fourth-order valence-corrected chi connectivity index (χ4v) is 2.13. The molecule has 0 bridgehead atoms. The Labute approximate surface area is 101 Å². The van der Waals surface area contributed by atoms with E-state index < -0.39 is 6.10 Å². The van der Waals surface area contributed by atoms with Crippen LogP contribution in [0.15, 0.2) is 24.3 Å². The Kier molecular flexibility index (Phi) is 3.97. The molecule has 0 aromatic heterocycles. The van der Waals surface area contributed by atoms with Crippen molar-refractivity contribution in [3.05, 3.63) is 30.1 Å². The van der Waals surface area contributed by atoms with Crippen LogP contribution >= 0.6 is 0 Å². The number of aliphatic hydroxyl groups is 1. The molecule has 1 N–H and O–H groups in total. The maximum atomic E-state index is 12.7. The molecule has 0 spiro atoms. The van der Waals surface area contributed by atoms with Crippen LogP contribution in [0.1, 0.15) is 6.42 Å². The summed E-state index contributed by atoms with van der Waals surface area (Å²) >= 11 is 0. The molecule has 1 aromatic carbocycles. The molecule has 17 heavy (non-hydrogen) atoms. The third-order valence-corrected chi connectivity index (χ3v) is 3.21. The maximum absolute atomic E-state index is 12.7. The monoisotopic (exact) mass is 239 g/mol. The van der Waals surface area contributed by atoms with Crippen molar-refractivity contribution in [1.82, 2.24) is 4.90 Å². The molecule has 1 saturated heterocycles. The van der Waals surface area contributed by atoms with E-state index in [0.29, 0.717) is 5.75 Å². The molecule has 1 aliphatic heterocycles. The lowest BCUT2D eigenvalue weighted by Crippen LogP contribution is -2.29. The fraction of sp³-hybridized carbons (Fsp3) is 0.538. The highest BCUT2D eigenvalue weighted by Crippen LogP contribution is 2.19. The van der Waals surface area contributed by atoms with Gasteiger partial charge in [-0.05, 0) is 44.3 Å². The van der Waals surface area contributed by atoms with E-state index in [1.54, 1.807) is 12.1 Å². The van der Waals surface area contributed by atoms with Gasteiger partial charge in [0.25, 0.3) is 0 Å². The van der Waals surface area contributed by atoms with Gasteiger partial charge in [0.15, 0.2) is 0 Å². The standard InChI is InChI=1S/C13H18FNO2/c1-15-7-6-10(8-15)13(16)9-17-12-4-2-11(14)3-5-12/h2-5,10,13,16H,6-9H2,1H3. The molecule has 94 valence electrons. The minimum absolute atomic E-state index is 0.268. The summed E-state index contributed by atoms with van der Waals surface area (Å²) in [7, 11) is 2.05. The van der Waals surface area contributed by atoms with E-state index in [-0.39, 0.29) is 18.3 Å². The summed E-state index contributed by atoms with van der Waals surface area (Å²) in [6, 6.07) is 5.85. The third-order valence-electron chi connectivity index (χ3n) is 3.21. The van der Waals surface area contributed by atoms with Crippen LogP contribution in [0.4, 0.5) is 4.39 Å². The van der Waals surface area contributed by atoms with E-state index in [1.165, 1.54) is 12.1 Å². The van der Waals surface area contributed by atoms with Crippen molar-refractivity contribution >= 4 is 0 Å². The molecule has 1 aliphatic rings. The van der Waals surface area contributed by atoms with Gasteiger partial charge in [0.05, 0.1) is 6.10 Å². The summed E-state index contributed by atoms with van der Waals surface area (Å²) in [5.41, 5.74) is 0. The number of benzene rings is 1. The molecule has 2 unspecified atom stereocenters. The van der Waals surface area contributed by atoms with E-state index in [4.69, 9.17) is 4.74 Å². The van der Waals surface area contributed by atoms with Crippen molar-refractivity contribution in [1.29, 1.82) is 0 Å². The average molecular weight is 239 g/mol. The van der Waals surface area contributed by atoms with Gasteiger partial charge in [-0.1, -0.05) is 0 Å². The number of nitrogens with zero attached hydrogens (tertiary/aromatic N) is 1. The molecule has 1 aromatic rings. The highest BCUT2D eigenvalue weighted by molar-refractivity contribution is 5.22. The highest BCUT2D eigenvalue weighted by atomic mass is 19.1. The van der Waals surface area contributed by atoms with E-state index in [9.17, 15) is 9.50 Å². The molecule has 0 saturated carbocycles. The lowest BCUT2D eigenvalue weighted by Gasteiger charge is -2.18. The lowest BCUT2D eigenvalue weighted by atomic mass is 10.0. The van der Waals surface area contributed by atoms with Crippen LogP contribution in [0.25, 0.3) is 0 Å². The van der Waals surface area contributed by atoms with Crippen molar-refractivity contribution in [2.45, 2.75) is 12.5 Å². The van der Waals surface area contributed by atoms with Gasteiger partial charge in [-0.2, -0.15) is 0 Å². The zero-order chi connectivity index (χ0) is 12.3. The predicted molar refractivity (Wildman–Crippen MR) is 63.5 cm³/mol. The van der Waals surface area contributed by atoms with Gasteiger partial charge in [-0.25, -0.2) is 4.39 Å². The summed E-state index contributed by atoms with van der Waals surface area (Å²) in [4.78, 5) is 2.20.